The molecular formula is C22H20F3N3O. The minimum atomic E-state index is -4.61. The fourth-order valence-electron chi connectivity index (χ4n) is 3.28. The third-order valence-corrected chi connectivity index (χ3v) is 4.77. The third kappa shape index (κ3) is 5.17. The van der Waals surface area contributed by atoms with E-state index < -0.39 is 17.6 Å². The number of amides is 1. The number of halogens is 3. The molecule has 0 aromatic heterocycles. The van der Waals surface area contributed by atoms with Crippen molar-refractivity contribution >= 4 is 23.4 Å². The van der Waals surface area contributed by atoms with Crippen molar-refractivity contribution in [2.45, 2.75) is 25.4 Å². The molecule has 2 aromatic carbocycles. The summed E-state index contributed by atoms with van der Waals surface area (Å²) in [6.07, 6.45) is 0.297. The van der Waals surface area contributed by atoms with Gasteiger partial charge in [0.1, 0.15) is 11.6 Å². The number of nitrogens with one attached hydrogen (secondary N) is 1. The summed E-state index contributed by atoms with van der Waals surface area (Å²) in [5.74, 6) is -0.885. The van der Waals surface area contributed by atoms with Gasteiger partial charge in [0.25, 0.3) is 5.91 Å². The lowest BCUT2D eigenvalue weighted by molar-refractivity contribution is -0.137. The van der Waals surface area contributed by atoms with E-state index in [1.807, 2.05) is 12.1 Å². The summed E-state index contributed by atoms with van der Waals surface area (Å²) in [6, 6.07) is 13.8. The van der Waals surface area contributed by atoms with Gasteiger partial charge in [0.15, 0.2) is 0 Å². The smallest absolute Gasteiger partial charge is 0.372 e. The molecule has 0 atom stereocenters. The highest BCUT2D eigenvalue weighted by Crippen LogP contribution is 2.34. The van der Waals surface area contributed by atoms with E-state index >= 15 is 0 Å². The summed E-state index contributed by atoms with van der Waals surface area (Å²) >= 11 is 0. The fourth-order valence-corrected chi connectivity index (χ4v) is 3.28. The van der Waals surface area contributed by atoms with Crippen LogP contribution in [0, 0.1) is 11.3 Å². The molecular weight excluding hydrogens is 379 g/mol. The van der Waals surface area contributed by atoms with Crippen molar-refractivity contribution in [3.8, 4) is 6.07 Å². The molecule has 0 aliphatic carbocycles. The number of nitriles is 1. The first-order chi connectivity index (χ1) is 13.9. The Balaban J connectivity index is 1.76. The predicted octanol–water partition coefficient (Wildman–Crippen LogP) is 5.24. The molecule has 1 aliphatic heterocycles. The number of rotatable bonds is 4. The molecule has 0 unspecified atom stereocenters. The van der Waals surface area contributed by atoms with E-state index in [1.165, 1.54) is 24.6 Å². The molecule has 3 rings (SSSR count). The van der Waals surface area contributed by atoms with E-state index in [-0.39, 0.29) is 11.3 Å². The number of benzene rings is 2. The zero-order chi connectivity index (χ0) is 20.9. The second kappa shape index (κ2) is 8.82. The highest BCUT2D eigenvalue weighted by Gasteiger charge is 2.33. The lowest BCUT2D eigenvalue weighted by atomic mass is 10.1. The minimum Gasteiger partial charge on any atom is -0.372 e. The number of anilines is 2. The first-order valence-electron chi connectivity index (χ1n) is 9.33. The van der Waals surface area contributed by atoms with Crippen molar-refractivity contribution in [3.05, 3.63) is 65.2 Å². The zero-order valence-corrected chi connectivity index (χ0v) is 15.7. The van der Waals surface area contributed by atoms with Crippen molar-refractivity contribution in [3.63, 3.8) is 0 Å². The summed E-state index contributed by atoms with van der Waals surface area (Å²) in [5, 5.41) is 11.5. The molecule has 0 spiro atoms. The maximum absolute atomic E-state index is 13.1. The lowest BCUT2D eigenvalue weighted by Crippen LogP contribution is -2.29. The number of hydrogen-bond donors (Lipinski definition) is 1. The molecule has 0 bridgehead atoms. The van der Waals surface area contributed by atoms with Crippen LogP contribution in [0.1, 0.15) is 30.4 Å². The molecule has 0 saturated carbocycles. The molecule has 0 radical (unpaired) electrons. The normalized spacial score (nSPS) is 15.0. The summed E-state index contributed by atoms with van der Waals surface area (Å²) in [4.78, 5) is 14.6. The van der Waals surface area contributed by atoms with Gasteiger partial charge in [-0.15, -0.1) is 0 Å². The lowest BCUT2D eigenvalue weighted by Gasteiger charge is -2.28. The van der Waals surface area contributed by atoms with Crippen molar-refractivity contribution < 1.29 is 18.0 Å². The van der Waals surface area contributed by atoms with Gasteiger partial charge in [-0.25, -0.2) is 0 Å². The van der Waals surface area contributed by atoms with E-state index in [2.05, 4.69) is 10.2 Å². The van der Waals surface area contributed by atoms with Crippen LogP contribution < -0.4 is 10.2 Å². The number of carbonyl (C=O) groups is 1. The number of alkyl halides is 3. The highest BCUT2D eigenvalue weighted by molar-refractivity contribution is 6.10. The predicted molar refractivity (Wildman–Crippen MR) is 106 cm³/mol. The van der Waals surface area contributed by atoms with E-state index in [0.717, 1.165) is 43.8 Å². The monoisotopic (exact) mass is 399 g/mol. The van der Waals surface area contributed by atoms with Crippen LogP contribution in [0.2, 0.25) is 0 Å². The second-order valence-electron chi connectivity index (χ2n) is 6.81. The Morgan fingerprint density at radius 2 is 1.69 bits per heavy atom. The quantitative estimate of drug-likeness (QED) is 0.565. The summed E-state index contributed by atoms with van der Waals surface area (Å²) in [5.41, 5.74) is 0.0845. The molecule has 1 N–H and O–H groups in total. The van der Waals surface area contributed by atoms with Gasteiger partial charge in [0.2, 0.25) is 0 Å². The van der Waals surface area contributed by atoms with E-state index in [4.69, 9.17) is 0 Å². The topological polar surface area (TPSA) is 56.1 Å². The molecule has 150 valence electrons. The largest absolute Gasteiger partial charge is 0.418 e. The van der Waals surface area contributed by atoms with Crippen LogP contribution in [0.15, 0.2) is 54.1 Å². The Morgan fingerprint density at radius 3 is 2.31 bits per heavy atom. The van der Waals surface area contributed by atoms with Gasteiger partial charge < -0.3 is 10.2 Å². The Hall–Kier alpha value is -3.27. The number of carbonyl (C=O) groups excluding carboxylic acids is 1. The second-order valence-corrected chi connectivity index (χ2v) is 6.81. The van der Waals surface area contributed by atoms with Crippen LogP contribution in [0.25, 0.3) is 6.08 Å². The van der Waals surface area contributed by atoms with Crippen molar-refractivity contribution in [1.29, 1.82) is 5.26 Å². The Morgan fingerprint density at radius 1 is 1.03 bits per heavy atom. The Bertz CT molecular complexity index is 937. The highest BCUT2D eigenvalue weighted by atomic mass is 19.4. The standard InChI is InChI=1S/C22H20F3N3O/c23-22(24,25)19-6-2-3-7-20(19)27-21(29)17(15-26)14-16-8-10-18(11-9-16)28-12-4-1-5-13-28/h2-3,6-11,14H,1,4-5,12-13H2,(H,27,29)/b17-14+. The first-order valence-corrected chi connectivity index (χ1v) is 9.33. The van der Waals surface area contributed by atoms with Gasteiger partial charge in [0.05, 0.1) is 11.3 Å². The van der Waals surface area contributed by atoms with Crippen molar-refractivity contribution in [2.24, 2.45) is 0 Å². The fraction of sp³-hybridized carbons (Fsp3) is 0.273. The molecule has 1 fully saturated rings. The van der Waals surface area contributed by atoms with Crippen molar-refractivity contribution in [1.82, 2.24) is 0 Å². The number of piperidine rings is 1. The molecule has 4 nitrogen and oxygen atoms in total. The molecule has 1 aliphatic rings. The summed E-state index contributed by atoms with van der Waals surface area (Å²) in [7, 11) is 0. The average molecular weight is 399 g/mol. The first kappa shape index (κ1) is 20.5. The van der Waals surface area contributed by atoms with E-state index in [1.54, 1.807) is 18.2 Å². The molecule has 1 amide bonds. The van der Waals surface area contributed by atoms with Gasteiger partial charge in [0, 0.05) is 18.8 Å². The maximum Gasteiger partial charge on any atom is 0.418 e. The maximum atomic E-state index is 13.1. The summed E-state index contributed by atoms with van der Waals surface area (Å²) in [6.45, 7) is 2.00. The van der Waals surface area contributed by atoms with Crippen LogP contribution in [0.3, 0.4) is 0 Å². The van der Waals surface area contributed by atoms with Gasteiger partial charge in [-0.2, -0.15) is 18.4 Å². The van der Waals surface area contributed by atoms with Gasteiger partial charge in [-0.05, 0) is 55.2 Å². The molecule has 1 heterocycles. The Kier molecular flexibility index (Phi) is 6.23. The molecule has 29 heavy (non-hydrogen) atoms. The van der Waals surface area contributed by atoms with Crippen LogP contribution in [-0.4, -0.2) is 19.0 Å². The van der Waals surface area contributed by atoms with Gasteiger partial charge >= 0.3 is 6.18 Å². The van der Waals surface area contributed by atoms with Crippen LogP contribution >= 0.6 is 0 Å². The third-order valence-electron chi connectivity index (χ3n) is 4.77. The number of nitrogens with zero attached hydrogens (tertiary/aromatic N) is 2. The van der Waals surface area contributed by atoms with Crippen LogP contribution in [-0.2, 0) is 11.0 Å². The SMILES string of the molecule is N#C/C(=C\c1ccc(N2CCCCC2)cc1)C(=O)Nc1ccccc1C(F)(F)F. The van der Waals surface area contributed by atoms with E-state index in [0.29, 0.717) is 5.56 Å². The number of hydrogen-bond acceptors (Lipinski definition) is 3. The Labute approximate surface area is 167 Å². The molecule has 1 saturated heterocycles. The summed E-state index contributed by atoms with van der Waals surface area (Å²) < 4.78 is 39.3. The molecule has 7 heteroatoms. The van der Waals surface area contributed by atoms with E-state index in [9.17, 15) is 23.2 Å². The molecule has 2 aromatic rings. The minimum absolute atomic E-state index is 0.271. The van der Waals surface area contributed by atoms with Gasteiger partial charge in [-0.3, -0.25) is 4.79 Å². The average Bonchev–Trinajstić information content (AvgIpc) is 2.72. The number of para-hydroxylation sites is 1. The van der Waals surface area contributed by atoms with Crippen LogP contribution in [0.4, 0.5) is 24.5 Å². The zero-order valence-electron chi connectivity index (χ0n) is 15.7. The van der Waals surface area contributed by atoms with Crippen LogP contribution in [0.5, 0.6) is 0 Å². The van der Waals surface area contributed by atoms with Crippen molar-refractivity contribution in [2.75, 3.05) is 23.3 Å². The van der Waals surface area contributed by atoms with Gasteiger partial charge in [-0.1, -0.05) is 24.3 Å².